The van der Waals surface area contributed by atoms with Gasteiger partial charge in [0.2, 0.25) is 0 Å². The molecule has 0 aromatic carbocycles. The maximum Gasteiger partial charge on any atom is 0.305 e. The second kappa shape index (κ2) is 21.4. The SMILES string of the molecule is CCCCC(=O)CCCCCCCCCCCCCCCCCC(=O)OC. The Hall–Kier alpha value is -0.860. The third-order valence-electron chi connectivity index (χ3n) is 5.37. The Bertz CT molecular complexity index is 339. The molecule has 0 saturated heterocycles. The molecule has 0 aliphatic heterocycles. The van der Waals surface area contributed by atoms with Gasteiger partial charge in [0.15, 0.2) is 0 Å². The first-order valence-electron chi connectivity index (χ1n) is 11.8. The number of ether oxygens (including phenoxy) is 1. The smallest absolute Gasteiger partial charge is 0.305 e. The van der Waals surface area contributed by atoms with E-state index in [9.17, 15) is 9.59 Å². The van der Waals surface area contributed by atoms with Crippen molar-refractivity contribution in [3.63, 3.8) is 0 Å². The lowest BCUT2D eigenvalue weighted by molar-refractivity contribution is -0.140. The van der Waals surface area contributed by atoms with Gasteiger partial charge < -0.3 is 4.74 Å². The molecule has 0 N–H and O–H groups in total. The second-order valence-electron chi connectivity index (χ2n) is 8.02. The Labute approximate surface area is 169 Å². The topological polar surface area (TPSA) is 43.4 Å². The van der Waals surface area contributed by atoms with Gasteiger partial charge in [-0.2, -0.15) is 0 Å². The predicted octanol–water partition coefficient (Wildman–Crippen LogP) is 7.55. The van der Waals surface area contributed by atoms with Crippen LogP contribution < -0.4 is 0 Å². The molecule has 0 heterocycles. The number of carbonyl (C=O) groups excluding carboxylic acids is 2. The van der Waals surface area contributed by atoms with E-state index in [2.05, 4.69) is 11.7 Å². The van der Waals surface area contributed by atoms with E-state index in [0.29, 0.717) is 12.2 Å². The molecule has 0 unspecified atom stereocenters. The normalized spacial score (nSPS) is 10.9. The molecule has 0 bridgehead atoms. The van der Waals surface area contributed by atoms with Gasteiger partial charge in [-0.05, 0) is 19.3 Å². The molecule has 0 aromatic heterocycles. The lowest BCUT2D eigenvalue weighted by Crippen LogP contribution is -1.99. The van der Waals surface area contributed by atoms with E-state index in [1.807, 2.05) is 0 Å². The highest BCUT2D eigenvalue weighted by Crippen LogP contribution is 2.14. The van der Waals surface area contributed by atoms with Crippen molar-refractivity contribution in [2.75, 3.05) is 7.11 Å². The van der Waals surface area contributed by atoms with Crippen molar-refractivity contribution in [3.8, 4) is 0 Å². The van der Waals surface area contributed by atoms with Crippen LogP contribution in [0.15, 0.2) is 0 Å². The molecule has 0 spiro atoms. The molecular weight excluding hydrogens is 336 g/mol. The quantitative estimate of drug-likeness (QED) is 0.152. The Kier molecular flexibility index (Phi) is 20.8. The molecule has 3 nitrogen and oxygen atoms in total. The minimum atomic E-state index is -0.0764. The van der Waals surface area contributed by atoms with Gasteiger partial charge in [0, 0.05) is 19.3 Å². The Morgan fingerprint density at radius 3 is 1.22 bits per heavy atom. The zero-order valence-corrected chi connectivity index (χ0v) is 18.4. The monoisotopic (exact) mass is 382 g/mol. The summed E-state index contributed by atoms with van der Waals surface area (Å²) in [5.74, 6) is 0.394. The van der Waals surface area contributed by atoms with Gasteiger partial charge in [0.1, 0.15) is 5.78 Å². The first-order chi connectivity index (χ1) is 13.2. The van der Waals surface area contributed by atoms with Gasteiger partial charge in [-0.25, -0.2) is 0 Å². The maximum absolute atomic E-state index is 11.6. The summed E-state index contributed by atoms with van der Waals surface area (Å²) in [5, 5.41) is 0. The average Bonchev–Trinajstić information content (AvgIpc) is 2.68. The number of methoxy groups -OCH3 is 1. The molecule has 0 rings (SSSR count). The van der Waals surface area contributed by atoms with Gasteiger partial charge in [0.25, 0.3) is 0 Å². The molecule has 0 atom stereocenters. The molecule has 0 radical (unpaired) electrons. The summed E-state index contributed by atoms with van der Waals surface area (Å²) in [7, 11) is 1.46. The molecule has 27 heavy (non-hydrogen) atoms. The van der Waals surface area contributed by atoms with Crippen LogP contribution in [0.5, 0.6) is 0 Å². The minimum Gasteiger partial charge on any atom is -0.469 e. The average molecular weight is 383 g/mol. The van der Waals surface area contributed by atoms with E-state index in [4.69, 9.17) is 0 Å². The molecule has 3 heteroatoms. The second-order valence-corrected chi connectivity index (χ2v) is 8.02. The molecule has 0 fully saturated rings. The molecule has 160 valence electrons. The third kappa shape index (κ3) is 21.3. The van der Waals surface area contributed by atoms with E-state index >= 15 is 0 Å². The van der Waals surface area contributed by atoms with E-state index in [1.165, 1.54) is 84.2 Å². The van der Waals surface area contributed by atoms with E-state index in [-0.39, 0.29) is 5.97 Å². The zero-order chi connectivity index (χ0) is 20.0. The van der Waals surface area contributed by atoms with Crippen molar-refractivity contribution in [2.45, 2.75) is 135 Å². The number of Topliss-reactive ketones (excluding diaryl/α,β-unsaturated/α-hetero) is 1. The van der Waals surface area contributed by atoms with Crippen molar-refractivity contribution < 1.29 is 14.3 Å². The number of hydrogen-bond acceptors (Lipinski definition) is 3. The summed E-state index contributed by atoms with van der Waals surface area (Å²) >= 11 is 0. The van der Waals surface area contributed by atoms with Gasteiger partial charge in [-0.1, -0.05) is 96.8 Å². The highest BCUT2D eigenvalue weighted by molar-refractivity contribution is 5.78. The van der Waals surface area contributed by atoms with Crippen LogP contribution in [0.3, 0.4) is 0 Å². The number of unbranched alkanes of at least 4 members (excludes halogenated alkanes) is 15. The molecule has 0 amide bonds. The van der Waals surface area contributed by atoms with Gasteiger partial charge in [0.05, 0.1) is 7.11 Å². The number of hydrogen-bond donors (Lipinski definition) is 0. The summed E-state index contributed by atoms with van der Waals surface area (Å²) in [6.45, 7) is 2.14. The summed E-state index contributed by atoms with van der Waals surface area (Å²) in [5.41, 5.74) is 0. The van der Waals surface area contributed by atoms with E-state index in [0.717, 1.165) is 44.9 Å². The Morgan fingerprint density at radius 1 is 0.519 bits per heavy atom. The zero-order valence-electron chi connectivity index (χ0n) is 18.4. The first-order valence-corrected chi connectivity index (χ1v) is 11.8. The van der Waals surface area contributed by atoms with Crippen LogP contribution in [0, 0.1) is 0 Å². The van der Waals surface area contributed by atoms with Crippen LogP contribution in [-0.4, -0.2) is 18.9 Å². The predicted molar refractivity (Wildman–Crippen MR) is 115 cm³/mol. The number of esters is 1. The van der Waals surface area contributed by atoms with Crippen molar-refractivity contribution in [2.24, 2.45) is 0 Å². The van der Waals surface area contributed by atoms with Crippen LogP contribution in [0.2, 0.25) is 0 Å². The van der Waals surface area contributed by atoms with Crippen LogP contribution in [0.4, 0.5) is 0 Å². The minimum absolute atomic E-state index is 0.0764. The summed E-state index contributed by atoms with van der Waals surface area (Å²) < 4.78 is 4.64. The van der Waals surface area contributed by atoms with Crippen molar-refractivity contribution in [3.05, 3.63) is 0 Å². The third-order valence-corrected chi connectivity index (χ3v) is 5.37. The number of carbonyl (C=O) groups is 2. The van der Waals surface area contributed by atoms with Crippen LogP contribution >= 0.6 is 0 Å². The summed E-state index contributed by atoms with van der Waals surface area (Å²) in [6.07, 6.45) is 23.6. The highest BCUT2D eigenvalue weighted by atomic mass is 16.5. The van der Waals surface area contributed by atoms with Crippen LogP contribution in [0.25, 0.3) is 0 Å². The molecule has 0 aliphatic carbocycles. The van der Waals surface area contributed by atoms with Crippen molar-refractivity contribution in [1.29, 1.82) is 0 Å². The lowest BCUT2D eigenvalue weighted by atomic mass is 10.0. The van der Waals surface area contributed by atoms with Crippen molar-refractivity contribution >= 4 is 11.8 Å². The summed E-state index contributed by atoms with van der Waals surface area (Å²) in [6, 6.07) is 0. The standard InChI is InChI=1S/C24H46O3/c1-3-4-20-23(25)21-18-16-14-12-10-8-6-5-7-9-11-13-15-17-19-22-24(26)27-2/h3-22H2,1-2H3. The highest BCUT2D eigenvalue weighted by Gasteiger charge is 2.01. The van der Waals surface area contributed by atoms with Gasteiger partial charge in [-0.3, -0.25) is 9.59 Å². The fourth-order valence-corrected chi connectivity index (χ4v) is 3.49. The van der Waals surface area contributed by atoms with Crippen LogP contribution in [-0.2, 0) is 14.3 Å². The Morgan fingerprint density at radius 2 is 0.852 bits per heavy atom. The number of rotatable bonds is 21. The Balaban J connectivity index is 3.09. The van der Waals surface area contributed by atoms with Crippen molar-refractivity contribution in [1.82, 2.24) is 0 Å². The first kappa shape index (κ1) is 26.1. The lowest BCUT2D eigenvalue weighted by Gasteiger charge is -2.04. The fourth-order valence-electron chi connectivity index (χ4n) is 3.49. The van der Waals surface area contributed by atoms with E-state index in [1.54, 1.807) is 0 Å². The summed E-state index contributed by atoms with van der Waals surface area (Å²) in [4.78, 5) is 22.5. The maximum atomic E-state index is 11.6. The molecule has 0 saturated carbocycles. The van der Waals surface area contributed by atoms with E-state index < -0.39 is 0 Å². The molecule has 0 aliphatic rings. The fraction of sp³-hybridized carbons (Fsp3) is 0.917. The van der Waals surface area contributed by atoms with Crippen LogP contribution in [0.1, 0.15) is 135 Å². The largest absolute Gasteiger partial charge is 0.469 e. The molecule has 0 aromatic rings. The van der Waals surface area contributed by atoms with Gasteiger partial charge >= 0.3 is 5.97 Å². The molecular formula is C24H46O3. The number of ketones is 1. The van der Waals surface area contributed by atoms with Gasteiger partial charge in [-0.15, -0.1) is 0 Å².